The Morgan fingerprint density at radius 1 is 1.09 bits per heavy atom. The van der Waals surface area contributed by atoms with Gasteiger partial charge in [-0.05, 0) is 48.5 Å². The average Bonchev–Trinajstić information content (AvgIpc) is 2.46. The summed E-state index contributed by atoms with van der Waals surface area (Å²) >= 11 is 0. The summed E-state index contributed by atoms with van der Waals surface area (Å²) in [5, 5.41) is 9.32. The monoisotopic (exact) mass is 316 g/mol. The Morgan fingerprint density at radius 2 is 1.73 bits per heavy atom. The van der Waals surface area contributed by atoms with Crippen molar-refractivity contribution in [3.63, 3.8) is 0 Å². The van der Waals surface area contributed by atoms with Crippen molar-refractivity contribution in [2.45, 2.75) is 45.5 Å². The van der Waals surface area contributed by atoms with E-state index in [2.05, 4.69) is 43.8 Å². The lowest BCUT2D eigenvalue weighted by Crippen LogP contribution is -2.43. The normalized spacial score (nSPS) is 12.3. The fourth-order valence-electron chi connectivity index (χ4n) is 1.74. The second-order valence-corrected chi connectivity index (χ2v) is 11.6. The summed E-state index contributed by atoms with van der Waals surface area (Å²) in [4.78, 5) is 8.56. The molecule has 0 aliphatic heterocycles. The van der Waals surface area contributed by atoms with Crippen molar-refractivity contribution in [2.24, 2.45) is 0 Å². The summed E-state index contributed by atoms with van der Waals surface area (Å²) in [5.41, 5.74) is 1.53. The van der Waals surface area contributed by atoms with Gasteiger partial charge in [-0.1, -0.05) is 20.8 Å². The van der Waals surface area contributed by atoms with Crippen LogP contribution >= 0.6 is 0 Å². The predicted molar refractivity (Wildman–Crippen MR) is 91.2 cm³/mol. The summed E-state index contributed by atoms with van der Waals surface area (Å²) in [7, 11) is -1.82. The molecule has 1 aromatic carbocycles. The first kappa shape index (κ1) is 16.6. The lowest BCUT2D eigenvalue weighted by Gasteiger charge is -2.36. The van der Waals surface area contributed by atoms with E-state index in [4.69, 9.17) is 9.53 Å². The van der Waals surface area contributed by atoms with Gasteiger partial charge in [0.2, 0.25) is 8.32 Å². The summed E-state index contributed by atoms with van der Waals surface area (Å²) in [6, 6.07) is 9.55. The molecule has 2 aromatic rings. The van der Waals surface area contributed by atoms with Crippen molar-refractivity contribution < 1.29 is 9.53 Å². The topological polar surface area (TPSA) is 55.2 Å². The molecule has 0 amide bonds. The summed E-state index contributed by atoms with van der Waals surface area (Å²) in [5.74, 6) is 1.50. The lowest BCUT2D eigenvalue weighted by molar-refractivity contribution is 0.277. The first-order valence-corrected chi connectivity index (χ1v) is 10.4. The number of hydrogen-bond donors (Lipinski definition) is 1. The Hall–Kier alpha value is -1.72. The molecule has 5 heteroatoms. The van der Waals surface area contributed by atoms with Crippen LogP contribution < -0.4 is 4.43 Å². The molecule has 0 aliphatic carbocycles. The molecule has 1 aromatic heterocycles. The maximum absolute atomic E-state index is 9.15. The molecule has 0 aliphatic rings. The SMILES string of the molecule is CC(C)(C)[Si](C)(C)Oc1ccc(-c2nccc(CO)n2)cc1. The smallest absolute Gasteiger partial charge is 0.250 e. The third-order valence-electron chi connectivity index (χ3n) is 4.17. The molecule has 0 bridgehead atoms. The van der Waals surface area contributed by atoms with E-state index >= 15 is 0 Å². The highest BCUT2D eigenvalue weighted by Crippen LogP contribution is 2.37. The summed E-state index contributed by atoms with van der Waals surface area (Å²) in [6.45, 7) is 11.1. The molecule has 4 nitrogen and oxygen atoms in total. The van der Waals surface area contributed by atoms with Crippen LogP contribution in [0.2, 0.25) is 18.1 Å². The summed E-state index contributed by atoms with van der Waals surface area (Å²) < 4.78 is 6.26. The highest BCUT2D eigenvalue weighted by Gasteiger charge is 2.38. The van der Waals surface area contributed by atoms with Gasteiger partial charge < -0.3 is 9.53 Å². The Morgan fingerprint density at radius 3 is 2.27 bits per heavy atom. The van der Waals surface area contributed by atoms with E-state index < -0.39 is 8.32 Å². The molecule has 1 heterocycles. The Labute approximate surface area is 133 Å². The van der Waals surface area contributed by atoms with Crippen LogP contribution in [-0.4, -0.2) is 23.4 Å². The van der Waals surface area contributed by atoms with Gasteiger partial charge in [-0.25, -0.2) is 9.97 Å². The Kier molecular flexibility index (Phi) is 4.68. The molecule has 0 atom stereocenters. The van der Waals surface area contributed by atoms with Gasteiger partial charge in [0.05, 0.1) is 12.3 Å². The maximum atomic E-state index is 9.15. The standard InChI is InChI=1S/C17H24N2O2Si/c1-17(2,3)22(4,5)21-15-8-6-13(7-9-15)16-18-11-10-14(12-20)19-16/h6-11,20H,12H2,1-5H3. The molecule has 0 unspecified atom stereocenters. The average molecular weight is 316 g/mol. The van der Waals surface area contributed by atoms with Crippen molar-refractivity contribution >= 4 is 8.32 Å². The first-order valence-electron chi connectivity index (χ1n) is 7.45. The number of aliphatic hydroxyl groups excluding tert-OH is 1. The fourth-order valence-corrected chi connectivity index (χ4v) is 2.77. The lowest BCUT2D eigenvalue weighted by atomic mass is 10.2. The van der Waals surface area contributed by atoms with Crippen LogP contribution in [-0.2, 0) is 6.61 Å². The van der Waals surface area contributed by atoms with Crippen molar-refractivity contribution in [2.75, 3.05) is 0 Å². The van der Waals surface area contributed by atoms with E-state index in [1.807, 2.05) is 24.3 Å². The van der Waals surface area contributed by atoms with Gasteiger partial charge in [0, 0.05) is 11.8 Å². The van der Waals surface area contributed by atoms with Crippen LogP contribution in [0.4, 0.5) is 0 Å². The van der Waals surface area contributed by atoms with Gasteiger partial charge in [0.1, 0.15) is 5.75 Å². The van der Waals surface area contributed by atoms with Gasteiger partial charge in [0.25, 0.3) is 0 Å². The number of benzene rings is 1. The van der Waals surface area contributed by atoms with Crippen molar-refractivity contribution in [3.8, 4) is 17.1 Å². The molecule has 118 valence electrons. The molecule has 0 fully saturated rings. The van der Waals surface area contributed by atoms with Crippen LogP contribution in [0.15, 0.2) is 36.5 Å². The molecular formula is C17H24N2O2Si. The highest BCUT2D eigenvalue weighted by molar-refractivity contribution is 6.74. The van der Waals surface area contributed by atoms with E-state index in [-0.39, 0.29) is 11.6 Å². The van der Waals surface area contributed by atoms with Gasteiger partial charge in [-0.15, -0.1) is 0 Å². The zero-order chi connectivity index (χ0) is 16.4. The van der Waals surface area contributed by atoms with Crippen LogP contribution in [0, 0.1) is 0 Å². The zero-order valence-electron chi connectivity index (χ0n) is 13.9. The predicted octanol–water partition coefficient (Wildman–Crippen LogP) is 4.02. The van der Waals surface area contributed by atoms with E-state index in [1.165, 1.54) is 0 Å². The van der Waals surface area contributed by atoms with Crippen LogP contribution in [0.3, 0.4) is 0 Å². The third kappa shape index (κ3) is 3.72. The highest BCUT2D eigenvalue weighted by atomic mass is 28.4. The van der Waals surface area contributed by atoms with Crippen molar-refractivity contribution in [1.29, 1.82) is 0 Å². The van der Waals surface area contributed by atoms with Crippen LogP contribution in [0.5, 0.6) is 5.75 Å². The molecular weight excluding hydrogens is 292 g/mol. The first-order chi connectivity index (χ1) is 10.2. The summed E-state index contributed by atoms with van der Waals surface area (Å²) in [6.07, 6.45) is 1.66. The van der Waals surface area contributed by atoms with E-state index in [9.17, 15) is 0 Å². The van der Waals surface area contributed by atoms with Gasteiger partial charge in [-0.2, -0.15) is 0 Å². The van der Waals surface area contributed by atoms with Crippen LogP contribution in [0.1, 0.15) is 26.5 Å². The third-order valence-corrected chi connectivity index (χ3v) is 8.53. The molecule has 2 rings (SSSR count). The molecule has 0 spiro atoms. The van der Waals surface area contributed by atoms with Crippen molar-refractivity contribution in [3.05, 3.63) is 42.2 Å². The minimum atomic E-state index is -1.82. The maximum Gasteiger partial charge on any atom is 0.250 e. The van der Waals surface area contributed by atoms with Crippen molar-refractivity contribution in [1.82, 2.24) is 9.97 Å². The van der Waals surface area contributed by atoms with E-state index in [0.717, 1.165) is 11.3 Å². The van der Waals surface area contributed by atoms with E-state index in [1.54, 1.807) is 12.3 Å². The fraction of sp³-hybridized carbons (Fsp3) is 0.412. The second kappa shape index (κ2) is 6.18. The molecule has 0 saturated carbocycles. The Bertz CT molecular complexity index is 634. The number of hydrogen-bond acceptors (Lipinski definition) is 4. The quantitative estimate of drug-likeness (QED) is 0.866. The minimum Gasteiger partial charge on any atom is -0.544 e. The van der Waals surface area contributed by atoms with Gasteiger partial charge in [-0.3, -0.25) is 0 Å². The zero-order valence-corrected chi connectivity index (χ0v) is 14.9. The molecule has 0 saturated heterocycles. The number of aromatic nitrogens is 2. The minimum absolute atomic E-state index is 0.0813. The number of nitrogens with zero attached hydrogens (tertiary/aromatic N) is 2. The van der Waals surface area contributed by atoms with Crippen LogP contribution in [0.25, 0.3) is 11.4 Å². The number of aliphatic hydroxyl groups is 1. The molecule has 1 N–H and O–H groups in total. The largest absolute Gasteiger partial charge is 0.544 e. The second-order valence-electron chi connectivity index (χ2n) is 6.92. The number of rotatable bonds is 4. The van der Waals surface area contributed by atoms with E-state index in [0.29, 0.717) is 11.5 Å². The van der Waals surface area contributed by atoms with Gasteiger partial charge >= 0.3 is 0 Å². The molecule has 0 radical (unpaired) electrons. The molecule has 22 heavy (non-hydrogen) atoms. The van der Waals surface area contributed by atoms with Gasteiger partial charge in [0.15, 0.2) is 5.82 Å². The Balaban J connectivity index is 2.20.